The second kappa shape index (κ2) is 9.52. The number of nitrogens with one attached hydrogen (secondary N) is 1. The first-order valence-electron chi connectivity index (χ1n) is 11.0. The van der Waals surface area contributed by atoms with E-state index >= 15 is 0 Å². The third-order valence-electron chi connectivity index (χ3n) is 5.51. The number of hydrogen-bond acceptors (Lipinski definition) is 6. The van der Waals surface area contributed by atoms with Crippen LogP contribution < -0.4 is 19.8 Å². The summed E-state index contributed by atoms with van der Waals surface area (Å²) >= 11 is 5.34. The van der Waals surface area contributed by atoms with Crippen LogP contribution in [0.2, 0.25) is 0 Å². The van der Waals surface area contributed by atoms with Gasteiger partial charge in [-0.2, -0.15) is 0 Å². The lowest BCUT2D eigenvalue weighted by atomic mass is 10.0. The predicted octanol–water partition coefficient (Wildman–Crippen LogP) is 5.77. The molecule has 5 rings (SSSR count). The summed E-state index contributed by atoms with van der Waals surface area (Å²) in [5.74, 6) is 2.53. The number of fused-ring (bicyclic) bond motifs is 1. The zero-order valence-corrected chi connectivity index (χ0v) is 19.7. The highest BCUT2D eigenvalue weighted by molar-refractivity contribution is 7.71. The van der Waals surface area contributed by atoms with E-state index in [-0.39, 0.29) is 23.0 Å². The van der Waals surface area contributed by atoms with Crippen molar-refractivity contribution in [2.24, 2.45) is 0 Å². The summed E-state index contributed by atoms with van der Waals surface area (Å²) in [6.07, 6.45) is 2.23. The van der Waals surface area contributed by atoms with Crippen molar-refractivity contribution in [2.45, 2.75) is 13.3 Å². The van der Waals surface area contributed by atoms with Crippen LogP contribution in [0.15, 0.2) is 83.2 Å². The minimum absolute atomic E-state index is 0.0924. The van der Waals surface area contributed by atoms with Gasteiger partial charge in [0.15, 0.2) is 16.3 Å². The van der Waals surface area contributed by atoms with Gasteiger partial charge in [0.1, 0.15) is 17.1 Å². The van der Waals surface area contributed by atoms with E-state index in [4.69, 9.17) is 26.4 Å². The molecule has 0 fully saturated rings. The van der Waals surface area contributed by atoms with E-state index in [2.05, 4.69) is 4.98 Å². The number of H-pyrrole nitrogens is 1. The first kappa shape index (κ1) is 22.5. The Balaban J connectivity index is 1.43. The Kier molecular flexibility index (Phi) is 6.12. The fourth-order valence-corrected chi connectivity index (χ4v) is 4.15. The lowest BCUT2D eigenvalue weighted by Crippen LogP contribution is -2.16. The second-order valence-corrected chi connectivity index (χ2v) is 8.48. The minimum Gasteiger partial charge on any atom is -0.494 e. The van der Waals surface area contributed by atoms with Gasteiger partial charge in [-0.25, -0.2) is 0 Å². The smallest absolute Gasteiger partial charge is 0.262 e. The molecule has 2 heterocycles. The molecule has 0 spiro atoms. The van der Waals surface area contributed by atoms with Gasteiger partial charge < -0.3 is 19.3 Å². The number of allylic oxidation sites excluding steroid dienone is 1. The fraction of sp³-hybridized carbons (Fsp3) is 0.111. The van der Waals surface area contributed by atoms with Crippen LogP contribution in [0.3, 0.4) is 0 Å². The Hall–Kier alpha value is -4.30. The van der Waals surface area contributed by atoms with Crippen molar-refractivity contribution in [3.8, 4) is 34.6 Å². The Labute approximate surface area is 206 Å². The standard InChI is InChI=1S/C27H22N2O5S/c1-17(13-18-7-12-23-24(15-18)33-16-32-23)14-22-25(30)28-27(35)29(26(22)31)19-8-10-21(11-9-19)34-20-5-3-2-4-6-20/h2-12,14-15,31H,13,16H2,1H3,(H,28,30,35). The molecular formula is C27H22N2O5S. The van der Waals surface area contributed by atoms with Crippen LogP contribution >= 0.6 is 12.2 Å². The molecule has 35 heavy (non-hydrogen) atoms. The second-order valence-electron chi connectivity index (χ2n) is 8.10. The van der Waals surface area contributed by atoms with Gasteiger partial charge in [-0.05, 0) is 85.7 Å². The molecule has 0 atom stereocenters. The van der Waals surface area contributed by atoms with E-state index in [1.54, 1.807) is 30.3 Å². The minimum atomic E-state index is -0.460. The molecule has 3 aromatic carbocycles. The van der Waals surface area contributed by atoms with E-state index in [0.29, 0.717) is 35.1 Å². The monoisotopic (exact) mass is 486 g/mol. The molecule has 176 valence electrons. The lowest BCUT2D eigenvalue weighted by molar-refractivity contribution is 0.174. The summed E-state index contributed by atoms with van der Waals surface area (Å²) < 4.78 is 18.1. The van der Waals surface area contributed by atoms with Gasteiger partial charge in [0.25, 0.3) is 5.56 Å². The molecule has 0 saturated carbocycles. The molecule has 1 aliphatic rings. The van der Waals surface area contributed by atoms with Crippen molar-refractivity contribution >= 4 is 18.3 Å². The van der Waals surface area contributed by atoms with Gasteiger partial charge in [-0.15, -0.1) is 0 Å². The van der Waals surface area contributed by atoms with Crippen LogP contribution in [-0.2, 0) is 6.42 Å². The lowest BCUT2D eigenvalue weighted by Gasteiger charge is -2.13. The molecule has 1 aliphatic heterocycles. The number of aromatic nitrogens is 2. The van der Waals surface area contributed by atoms with E-state index in [1.807, 2.05) is 55.5 Å². The van der Waals surface area contributed by atoms with Gasteiger partial charge in [-0.3, -0.25) is 14.3 Å². The number of para-hydroxylation sites is 1. The Morgan fingerprint density at radius 1 is 1.06 bits per heavy atom. The summed E-state index contributed by atoms with van der Waals surface area (Å²) in [5, 5.41) is 11.0. The molecule has 0 amide bonds. The number of ether oxygens (including phenoxy) is 3. The zero-order chi connectivity index (χ0) is 24.4. The molecule has 8 heteroatoms. The maximum absolute atomic E-state index is 12.6. The van der Waals surface area contributed by atoms with Gasteiger partial charge in [0.2, 0.25) is 12.7 Å². The third kappa shape index (κ3) is 4.83. The molecule has 0 bridgehead atoms. The molecule has 0 radical (unpaired) electrons. The van der Waals surface area contributed by atoms with Crippen LogP contribution in [0.5, 0.6) is 28.9 Å². The van der Waals surface area contributed by atoms with Crippen LogP contribution in [0, 0.1) is 4.77 Å². The molecular weight excluding hydrogens is 464 g/mol. The van der Waals surface area contributed by atoms with Crippen LogP contribution in [-0.4, -0.2) is 21.5 Å². The van der Waals surface area contributed by atoms with Crippen molar-refractivity contribution in [1.29, 1.82) is 0 Å². The van der Waals surface area contributed by atoms with Gasteiger partial charge in [-0.1, -0.05) is 29.8 Å². The van der Waals surface area contributed by atoms with Crippen molar-refractivity contribution in [3.05, 3.63) is 105 Å². The van der Waals surface area contributed by atoms with Gasteiger partial charge in [0, 0.05) is 0 Å². The van der Waals surface area contributed by atoms with E-state index in [9.17, 15) is 9.90 Å². The topological polar surface area (TPSA) is 85.7 Å². The highest BCUT2D eigenvalue weighted by Crippen LogP contribution is 2.33. The van der Waals surface area contributed by atoms with Crippen molar-refractivity contribution < 1.29 is 19.3 Å². The SMILES string of the molecule is CC(=Cc1c(O)n(-c2ccc(Oc3ccccc3)cc2)c(=S)[nH]c1=O)Cc1ccc2c(c1)OCO2. The zero-order valence-electron chi connectivity index (χ0n) is 18.9. The average molecular weight is 487 g/mol. The summed E-state index contributed by atoms with van der Waals surface area (Å²) in [6, 6.07) is 22.2. The molecule has 7 nitrogen and oxygen atoms in total. The Bertz CT molecular complexity index is 1520. The van der Waals surface area contributed by atoms with Gasteiger partial charge >= 0.3 is 0 Å². The molecule has 0 unspecified atom stereocenters. The Morgan fingerprint density at radius 2 is 1.77 bits per heavy atom. The normalized spacial score (nSPS) is 12.5. The molecule has 2 N–H and O–H groups in total. The highest BCUT2D eigenvalue weighted by Gasteiger charge is 2.15. The van der Waals surface area contributed by atoms with Crippen molar-refractivity contribution in [1.82, 2.24) is 9.55 Å². The highest BCUT2D eigenvalue weighted by atomic mass is 32.1. The fourth-order valence-electron chi connectivity index (χ4n) is 3.87. The maximum atomic E-state index is 12.6. The summed E-state index contributed by atoms with van der Waals surface area (Å²) in [7, 11) is 0. The summed E-state index contributed by atoms with van der Waals surface area (Å²) in [5.41, 5.74) is 2.13. The van der Waals surface area contributed by atoms with E-state index in [1.165, 1.54) is 4.57 Å². The van der Waals surface area contributed by atoms with Crippen molar-refractivity contribution in [3.63, 3.8) is 0 Å². The summed E-state index contributed by atoms with van der Waals surface area (Å²) in [4.78, 5) is 15.3. The number of aromatic amines is 1. The molecule has 0 aliphatic carbocycles. The van der Waals surface area contributed by atoms with E-state index in [0.717, 1.165) is 11.1 Å². The van der Waals surface area contributed by atoms with Crippen LogP contribution in [0.1, 0.15) is 18.1 Å². The van der Waals surface area contributed by atoms with Gasteiger partial charge in [0.05, 0.1) is 5.69 Å². The number of nitrogens with zero attached hydrogens (tertiary/aromatic N) is 1. The molecule has 1 aromatic heterocycles. The van der Waals surface area contributed by atoms with Crippen LogP contribution in [0.4, 0.5) is 0 Å². The number of benzene rings is 3. The number of aromatic hydroxyl groups is 1. The van der Waals surface area contributed by atoms with E-state index < -0.39 is 5.56 Å². The number of hydrogen-bond donors (Lipinski definition) is 2. The van der Waals surface area contributed by atoms with Crippen LogP contribution in [0.25, 0.3) is 11.8 Å². The largest absolute Gasteiger partial charge is 0.494 e. The summed E-state index contributed by atoms with van der Waals surface area (Å²) in [6.45, 7) is 2.11. The first-order chi connectivity index (χ1) is 17.0. The molecule has 0 saturated heterocycles. The average Bonchev–Trinajstić information content (AvgIpc) is 3.31. The first-order valence-corrected chi connectivity index (χ1v) is 11.4. The maximum Gasteiger partial charge on any atom is 0.262 e. The van der Waals surface area contributed by atoms with Crippen molar-refractivity contribution in [2.75, 3.05) is 6.79 Å². The third-order valence-corrected chi connectivity index (χ3v) is 5.79. The quantitative estimate of drug-likeness (QED) is 0.337. The molecule has 4 aromatic rings. The number of rotatable bonds is 6. The Morgan fingerprint density at radius 3 is 2.54 bits per heavy atom. The predicted molar refractivity (Wildman–Crippen MR) is 135 cm³/mol.